The van der Waals surface area contributed by atoms with E-state index in [-0.39, 0.29) is 11.9 Å². The van der Waals surface area contributed by atoms with Crippen LogP contribution < -0.4 is 10.2 Å². The molecule has 4 heteroatoms. The molecular weight excluding hydrogens is 322 g/mol. The average Bonchev–Trinajstić information content (AvgIpc) is 3.15. The Labute approximate surface area is 153 Å². The number of rotatable bonds is 5. The number of carbonyl (C=O) groups is 1. The quantitative estimate of drug-likeness (QED) is 0.769. The molecule has 2 heterocycles. The maximum Gasteiger partial charge on any atom is 0.220 e. The Morgan fingerprint density at radius 2 is 1.92 bits per heavy atom. The van der Waals surface area contributed by atoms with Crippen LogP contribution in [0.25, 0.3) is 10.8 Å². The van der Waals surface area contributed by atoms with Crippen molar-refractivity contribution >= 4 is 22.5 Å². The van der Waals surface area contributed by atoms with Gasteiger partial charge in [0, 0.05) is 31.7 Å². The maximum atomic E-state index is 12.4. The topological polar surface area (TPSA) is 45.2 Å². The maximum absolute atomic E-state index is 12.4. The Morgan fingerprint density at radius 3 is 2.81 bits per heavy atom. The van der Waals surface area contributed by atoms with Gasteiger partial charge < -0.3 is 10.2 Å². The lowest BCUT2D eigenvalue weighted by atomic mass is 10.0. The fourth-order valence-corrected chi connectivity index (χ4v) is 3.69. The molecule has 0 bridgehead atoms. The number of hydrogen-bond acceptors (Lipinski definition) is 3. The summed E-state index contributed by atoms with van der Waals surface area (Å²) in [7, 11) is 0. The van der Waals surface area contributed by atoms with E-state index < -0.39 is 0 Å². The summed E-state index contributed by atoms with van der Waals surface area (Å²) in [5, 5.41) is 5.66. The van der Waals surface area contributed by atoms with Crippen molar-refractivity contribution in [2.45, 2.75) is 25.3 Å². The Hall–Kier alpha value is -2.88. The van der Waals surface area contributed by atoms with Crippen LogP contribution in [0.5, 0.6) is 0 Å². The zero-order valence-corrected chi connectivity index (χ0v) is 14.8. The van der Waals surface area contributed by atoms with E-state index in [2.05, 4.69) is 51.6 Å². The molecule has 4 nitrogen and oxygen atoms in total. The lowest BCUT2D eigenvalue weighted by molar-refractivity contribution is -0.121. The zero-order valence-electron chi connectivity index (χ0n) is 14.8. The monoisotopic (exact) mass is 345 g/mol. The lowest BCUT2D eigenvalue weighted by Gasteiger charge is -2.17. The van der Waals surface area contributed by atoms with Crippen molar-refractivity contribution in [3.63, 3.8) is 0 Å². The van der Waals surface area contributed by atoms with Crippen LogP contribution >= 0.6 is 0 Å². The molecule has 1 aliphatic heterocycles. The summed E-state index contributed by atoms with van der Waals surface area (Å²) >= 11 is 0. The van der Waals surface area contributed by atoms with E-state index in [4.69, 9.17) is 0 Å². The van der Waals surface area contributed by atoms with Gasteiger partial charge in [0.05, 0.1) is 0 Å². The van der Waals surface area contributed by atoms with Gasteiger partial charge in [-0.05, 0) is 41.3 Å². The van der Waals surface area contributed by atoms with Gasteiger partial charge in [-0.1, -0.05) is 48.5 Å². The van der Waals surface area contributed by atoms with Crippen LogP contribution in [0.3, 0.4) is 0 Å². The largest absolute Gasteiger partial charge is 0.354 e. The standard InChI is InChI=1S/C22H23N3O/c26-22(12-11-18-8-5-7-17-6-1-2-9-20(17)18)24-19-13-15-25(16-19)21-10-3-4-14-23-21/h1-10,14,19H,11-13,15-16H2,(H,24,26). The third-order valence-electron chi connectivity index (χ3n) is 5.03. The first-order chi connectivity index (χ1) is 12.8. The van der Waals surface area contributed by atoms with Gasteiger partial charge in [0.1, 0.15) is 5.82 Å². The molecule has 1 aliphatic rings. The first-order valence-electron chi connectivity index (χ1n) is 9.21. The van der Waals surface area contributed by atoms with Gasteiger partial charge in [0.2, 0.25) is 5.91 Å². The fourth-order valence-electron chi connectivity index (χ4n) is 3.69. The van der Waals surface area contributed by atoms with Crippen molar-refractivity contribution in [3.05, 3.63) is 72.4 Å². The number of hydrogen-bond donors (Lipinski definition) is 1. The van der Waals surface area contributed by atoms with E-state index in [0.29, 0.717) is 6.42 Å². The summed E-state index contributed by atoms with van der Waals surface area (Å²) < 4.78 is 0. The number of nitrogens with one attached hydrogen (secondary N) is 1. The number of nitrogens with zero attached hydrogens (tertiary/aromatic N) is 2. The van der Waals surface area contributed by atoms with Crippen LogP contribution in [0.2, 0.25) is 0 Å². The molecular formula is C22H23N3O. The van der Waals surface area contributed by atoms with Crippen LogP contribution in [0.15, 0.2) is 66.9 Å². The molecule has 1 unspecified atom stereocenters. The van der Waals surface area contributed by atoms with Crippen LogP contribution in [0.1, 0.15) is 18.4 Å². The molecule has 4 rings (SSSR count). The lowest BCUT2D eigenvalue weighted by Crippen LogP contribution is -2.37. The SMILES string of the molecule is O=C(CCc1cccc2ccccc12)NC1CCN(c2ccccn2)C1. The number of benzene rings is 2. The molecule has 0 aliphatic carbocycles. The summed E-state index contributed by atoms with van der Waals surface area (Å²) in [4.78, 5) is 19.0. The number of aryl methyl sites for hydroxylation is 1. The summed E-state index contributed by atoms with van der Waals surface area (Å²) in [6.45, 7) is 1.77. The highest BCUT2D eigenvalue weighted by Crippen LogP contribution is 2.20. The summed E-state index contributed by atoms with van der Waals surface area (Å²) in [5.74, 6) is 1.12. The van der Waals surface area contributed by atoms with Crippen LogP contribution in [-0.2, 0) is 11.2 Å². The second-order valence-corrected chi connectivity index (χ2v) is 6.83. The summed E-state index contributed by atoms with van der Waals surface area (Å²) in [6.07, 6.45) is 4.07. The Balaban J connectivity index is 1.32. The highest BCUT2D eigenvalue weighted by atomic mass is 16.1. The molecule has 1 saturated heterocycles. The minimum atomic E-state index is 0.130. The van der Waals surface area contributed by atoms with Gasteiger partial charge in [0.25, 0.3) is 0 Å². The number of aromatic nitrogens is 1. The average molecular weight is 345 g/mol. The number of amides is 1. The minimum Gasteiger partial charge on any atom is -0.354 e. The van der Waals surface area contributed by atoms with E-state index in [1.165, 1.54) is 16.3 Å². The molecule has 3 aromatic rings. The molecule has 1 N–H and O–H groups in total. The molecule has 1 aromatic heterocycles. The van der Waals surface area contributed by atoms with Crippen molar-refractivity contribution in [3.8, 4) is 0 Å². The highest BCUT2D eigenvalue weighted by Gasteiger charge is 2.24. The predicted molar refractivity (Wildman–Crippen MR) is 105 cm³/mol. The van der Waals surface area contributed by atoms with E-state index in [1.54, 1.807) is 0 Å². The van der Waals surface area contributed by atoms with Crippen molar-refractivity contribution < 1.29 is 4.79 Å². The second-order valence-electron chi connectivity index (χ2n) is 6.83. The van der Waals surface area contributed by atoms with E-state index in [0.717, 1.165) is 31.7 Å². The molecule has 2 aromatic carbocycles. The van der Waals surface area contributed by atoms with Gasteiger partial charge in [-0.25, -0.2) is 4.98 Å². The van der Waals surface area contributed by atoms with Crippen LogP contribution in [-0.4, -0.2) is 30.0 Å². The first kappa shape index (κ1) is 16.6. The molecule has 132 valence electrons. The summed E-state index contributed by atoms with van der Waals surface area (Å²) in [5.41, 5.74) is 1.24. The number of pyridine rings is 1. The van der Waals surface area contributed by atoms with Crippen LogP contribution in [0.4, 0.5) is 5.82 Å². The van der Waals surface area contributed by atoms with Crippen molar-refractivity contribution in [1.82, 2.24) is 10.3 Å². The number of carbonyl (C=O) groups excluding carboxylic acids is 1. The van der Waals surface area contributed by atoms with Gasteiger partial charge in [-0.3, -0.25) is 4.79 Å². The first-order valence-corrected chi connectivity index (χ1v) is 9.21. The van der Waals surface area contributed by atoms with Gasteiger partial charge >= 0.3 is 0 Å². The Bertz CT molecular complexity index is 889. The number of anilines is 1. The highest BCUT2D eigenvalue weighted by molar-refractivity contribution is 5.86. The minimum absolute atomic E-state index is 0.130. The normalized spacial score (nSPS) is 16.8. The fraction of sp³-hybridized carbons (Fsp3) is 0.273. The van der Waals surface area contributed by atoms with E-state index in [9.17, 15) is 4.79 Å². The van der Waals surface area contributed by atoms with Gasteiger partial charge in [-0.15, -0.1) is 0 Å². The zero-order chi connectivity index (χ0) is 17.8. The molecule has 1 atom stereocenters. The predicted octanol–water partition coefficient (Wildman–Crippen LogP) is 3.56. The Kier molecular flexibility index (Phi) is 4.82. The Morgan fingerprint density at radius 1 is 1.08 bits per heavy atom. The van der Waals surface area contributed by atoms with Crippen molar-refractivity contribution in [1.29, 1.82) is 0 Å². The smallest absolute Gasteiger partial charge is 0.220 e. The molecule has 1 amide bonds. The molecule has 0 radical (unpaired) electrons. The van der Waals surface area contributed by atoms with Crippen LogP contribution in [0, 0.1) is 0 Å². The number of fused-ring (bicyclic) bond motifs is 1. The summed E-state index contributed by atoms with van der Waals surface area (Å²) in [6, 6.07) is 20.8. The third-order valence-corrected chi connectivity index (χ3v) is 5.03. The molecule has 0 saturated carbocycles. The van der Waals surface area contributed by atoms with Crippen molar-refractivity contribution in [2.75, 3.05) is 18.0 Å². The van der Waals surface area contributed by atoms with Gasteiger partial charge in [-0.2, -0.15) is 0 Å². The molecule has 0 spiro atoms. The van der Waals surface area contributed by atoms with Crippen molar-refractivity contribution in [2.24, 2.45) is 0 Å². The molecule has 1 fully saturated rings. The third kappa shape index (κ3) is 3.69. The second kappa shape index (κ2) is 7.56. The van der Waals surface area contributed by atoms with Gasteiger partial charge in [0.15, 0.2) is 0 Å². The van der Waals surface area contributed by atoms with E-state index in [1.807, 2.05) is 30.5 Å². The van der Waals surface area contributed by atoms with E-state index >= 15 is 0 Å². The molecule has 26 heavy (non-hydrogen) atoms.